The van der Waals surface area contributed by atoms with Gasteiger partial charge in [-0.25, -0.2) is 18.6 Å². The Morgan fingerprint density at radius 1 is 1.64 bits per heavy atom. The van der Waals surface area contributed by atoms with Gasteiger partial charge in [0.15, 0.2) is 0 Å². The average molecular weight is 313 g/mol. The predicted molar refractivity (Wildman–Crippen MR) is 53.6 cm³/mol. The molecule has 0 aliphatic carbocycles. The van der Waals surface area contributed by atoms with E-state index < -0.39 is 18.0 Å². The molecule has 0 aromatic carbocycles. The van der Waals surface area contributed by atoms with E-state index in [1.807, 2.05) is 0 Å². The first-order valence-electron chi connectivity index (χ1n) is 3.62. The molecule has 0 fully saturated rings. The Morgan fingerprint density at radius 2 is 2.21 bits per heavy atom. The predicted octanol–water partition coefficient (Wildman–Crippen LogP) is 2.63. The van der Waals surface area contributed by atoms with Crippen LogP contribution in [0.1, 0.15) is 28.0 Å². The number of hydrogen-bond donors (Lipinski definition) is 1. The van der Waals surface area contributed by atoms with Crippen LogP contribution in [0.3, 0.4) is 0 Å². The third-order valence-electron chi connectivity index (χ3n) is 1.59. The molecule has 3 nitrogen and oxygen atoms in total. The molecule has 0 bridgehead atoms. The third kappa shape index (κ3) is 2.17. The standard InChI is InChI=1S/C8H6F2INO2/c1-3-2-4(8(13)14)5(6(9)10)7(11)12-3/h2,6H,1H3,(H,13,14). The second-order valence-electron chi connectivity index (χ2n) is 2.62. The van der Waals surface area contributed by atoms with Crippen molar-refractivity contribution in [1.82, 2.24) is 4.98 Å². The van der Waals surface area contributed by atoms with E-state index in [-0.39, 0.29) is 9.26 Å². The largest absolute Gasteiger partial charge is 0.478 e. The Morgan fingerprint density at radius 3 is 2.64 bits per heavy atom. The van der Waals surface area contributed by atoms with Gasteiger partial charge in [-0.05, 0) is 35.6 Å². The number of aryl methyl sites for hydroxylation is 1. The van der Waals surface area contributed by atoms with Crippen LogP contribution in [0.2, 0.25) is 0 Å². The number of nitrogens with zero attached hydrogens (tertiary/aromatic N) is 1. The molecule has 76 valence electrons. The van der Waals surface area contributed by atoms with Gasteiger partial charge in [-0.15, -0.1) is 0 Å². The molecule has 0 radical (unpaired) electrons. The van der Waals surface area contributed by atoms with Crippen LogP contribution in [0.5, 0.6) is 0 Å². The van der Waals surface area contributed by atoms with E-state index in [2.05, 4.69) is 4.98 Å². The molecule has 0 unspecified atom stereocenters. The zero-order valence-electron chi connectivity index (χ0n) is 7.09. The second kappa shape index (κ2) is 4.16. The van der Waals surface area contributed by atoms with E-state index >= 15 is 0 Å². The molecule has 1 rings (SSSR count). The van der Waals surface area contributed by atoms with Crippen molar-refractivity contribution in [3.8, 4) is 0 Å². The summed E-state index contributed by atoms with van der Waals surface area (Å²) in [4.78, 5) is 14.4. The molecule has 0 saturated heterocycles. The lowest BCUT2D eigenvalue weighted by Crippen LogP contribution is -2.07. The fourth-order valence-electron chi connectivity index (χ4n) is 1.03. The minimum Gasteiger partial charge on any atom is -0.478 e. The third-order valence-corrected chi connectivity index (χ3v) is 2.41. The van der Waals surface area contributed by atoms with Gasteiger partial charge in [-0.3, -0.25) is 0 Å². The van der Waals surface area contributed by atoms with Crippen molar-refractivity contribution in [2.75, 3.05) is 0 Å². The maximum Gasteiger partial charge on any atom is 0.336 e. The number of pyridine rings is 1. The summed E-state index contributed by atoms with van der Waals surface area (Å²) in [5, 5.41) is 8.70. The number of carbonyl (C=O) groups is 1. The monoisotopic (exact) mass is 313 g/mol. The van der Waals surface area contributed by atoms with Crippen molar-refractivity contribution in [2.45, 2.75) is 13.3 Å². The van der Waals surface area contributed by atoms with Gasteiger partial charge in [-0.2, -0.15) is 0 Å². The minimum absolute atomic E-state index is 0.0370. The number of halogens is 3. The number of aromatic nitrogens is 1. The normalized spacial score (nSPS) is 10.6. The Kier molecular flexibility index (Phi) is 3.35. The molecule has 0 aliphatic heterocycles. The van der Waals surface area contributed by atoms with Crippen LogP contribution in [0, 0.1) is 10.6 Å². The van der Waals surface area contributed by atoms with Gasteiger partial charge in [0, 0.05) is 5.69 Å². The molecular weight excluding hydrogens is 307 g/mol. The van der Waals surface area contributed by atoms with Crippen molar-refractivity contribution in [2.24, 2.45) is 0 Å². The number of alkyl halides is 2. The Labute approximate surface area is 92.3 Å². The van der Waals surface area contributed by atoms with Crippen LogP contribution < -0.4 is 0 Å². The zero-order chi connectivity index (χ0) is 10.9. The van der Waals surface area contributed by atoms with Crippen LogP contribution in [-0.4, -0.2) is 16.1 Å². The topological polar surface area (TPSA) is 50.2 Å². The lowest BCUT2D eigenvalue weighted by molar-refractivity contribution is 0.0683. The first-order valence-corrected chi connectivity index (χ1v) is 4.70. The molecule has 14 heavy (non-hydrogen) atoms. The maximum absolute atomic E-state index is 12.5. The van der Waals surface area contributed by atoms with Gasteiger partial charge >= 0.3 is 5.97 Å². The first-order chi connectivity index (χ1) is 6.43. The SMILES string of the molecule is Cc1cc(C(=O)O)c(C(F)F)c(I)n1. The molecule has 1 N–H and O–H groups in total. The maximum atomic E-state index is 12.5. The smallest absolute Gasteiger partial charge is 0.336 e. The summed E-state index contributed by atoms with van der Waals surface area (Å²) in [5.41, 5.74) is -0.475. The quantitative estimate of drug-likeness (QED) is 0.674. The Hall–Kier alpha value is -0.790. The van der Waals surface area contributed by atoms with Gasteiger partial charge in [0.2, 0.25) is 0 Å². The molecule has 0 atom stereocenters. The molecule has 1 aromatic rings. The van der Waals surface area contributed by atoms with E-state index in [9.17, 15) is 13.6 Å². The summed E-state index contributed by atoms with van der Waals surface area (Å²) >= 11 is 1.61. The molecule has 1 aromatic heterocycles. The van der Waals surface area contributed by atoms with Gasteiger partial charge in [0.25, 0.3) is 6.43 Å². The molecule has 0 aliphatic rings. The summed E-state index contributed by atoms with van der Waals surface area (Å²) in [7, 11) is 0. The average Bonchev–Trinajstić information content (AvgIpc) is 2.01. The molecule has 0 spiro atoms. The highest BCUT2D eigenvalue weighted by molar-refractivity contribution is 14.1. The Balaban J connectivity index is 3.44. The highest BCUT2D eigenvalue weighted by atomic mass is 127. The highest BCUT2D eigenvalue weighted by Crippen LogP contribution is 2.27. The van der Waals surface area contributed by atoms with Crippen LogP contribution >= 0.6 is 22.6 Å². The van der Waals surface area contributed by atoms with Gasteiger partial charge < -0.3 is 5.11 Å². The van der Waals surface area contributed by atoms with Crippen molar-refractivity contribution in [3.05, 3.63) is 26.6 Å². The number of hydrogen-bond acceptors (Lipinski definition) is 2. The Bertz CT molecular complexity index is 382. The molecule has 0 saturated carbocycles. The van der Waals surface area contributed by atoms with E-state index in [0.29, 0.717) is 5.69 Å². The lowest BCUT2D eigenvalue weighted by atomic mass is 10.1. The van der Waals surface area contributed by atoms with Gasteiger partial charge in [0.05, 0.1) is 11.1 Å². The lowest BCUT2D eigenvalue weighted by Gasteiger charge is -2.07. The fraction of sp³-hybridized carbons (Fsp3) is 0.250. The molecule has 0 amide bonds. The van der Waals surface area contributed by atoms with Crippen molar-refractivity contribution in [3.63, 3.8) is 0 Å². The minimum atomic E-state index is -2.82. The van der Waals surface area contributed by atoms with Crippen LogP contribution in [-0.2, 0) is 0 Å². The number of carboxylic acid groups (broad SMARTS) is 1. The van der Waals surface area contributed by atoms with Crippen molar-refractivity contribution >= 4 is 28.6 Å². The van der Waals surface area contributed by atoms with Crippen LogP contribution in [0.4, 0.5) is 8.78 Å². The summed E-state index contributed by atoms with van der Waals surface area (Å²) in [6.07, 6.45) is -2.82. The summed E-state index contributed by atoms with van der Waals surface area (Å²) < 4.78 is 25.0. The molecular formula is C8H6F2INO2. The van der Waals surface area contributed by atoms with Crippen molar-refractivity contribution in [1.29, 1.82) is 0 Å². The van der Waals surface area contributed by atoms with Gasteiger partial charge in [0.1, 0.15) is 3.70 Å². The summed E-state index contributed by atoms with van der Waals surface area (Å²) in [6, 6.07) is 1.14. The second-order valence-corrected chi connectivity index (χ2v) is 3.64. The van der Waals surface area contributed by atoms with E-state index in [4.69, 9.17) is 5.11 Å². The van der Waals surface area contributed by atoms with Gasteiger partial charge in [-0.1, -0.05) is 0 Å². The van der Waals surface area contributed by atoms with E-state index in [1.165, 1.54) is 0 Å². The summed E-state index contributed by atoms with van der Waals surface area (Å²) in [6.45, 7) is 1.56. The molecule has 6 heteroatoms. The first kappa shape index (κ1) is 11.3. The van der Waals surface area contributed by atoms with Crippen molar-refractivity contribution < 1.29 is 18.7 Å². The highest BCUT2D eigenvalue weighted by Gasteiger charge is 2.22. The number of carboxylic acids is 1. The fourth-order valence-corrected chi connectivity index (χ4v) is 1.94. The van der Waals surface area contributed by atoms with E-state index in [1.54, 1.807) is 29.5 Å². The number of aromatic carboxylic acids is 1. The zero-order valence-corrected chi connectivity index (χ0v) is 9.25. The van der Waals surface area contributed by atoms with Crippen LogP contribution in [0.25, 0.3) is 0 Å². The molecule has 1 heterocycles. The van der Waals surface area contributed by atoms with Crippen LogP contribution in [0.15, 0.2) is 6.07 Å². The summed E-state index contributed by atoms with van der Waals surface area (Å²) in [5.74, 6) is -1.36. The number of rotatable bonds is 2. The van der Waals surface area contributed by atoms with E-state index in [0.717, 1.165) is 6.07 Å².